The summed E-state index contributed by atoms with van der Waals surface area (Å²) in [6.45, 7) is 3.28. The molecule has 0 spiro atoms. The van der Waals surface area contributed by atoms with Gasteiger partial charge in [-0.3, -0.25) is 0 Å². The first-order valence-corrected chi connectivity index (χ1v) is 4.15. The minimum Gasteiger partial charge on any atom is -0.379 e. The molecule has 4 heteroatoms. The van der Waals surface area contributed by atoms with Crippen molar-refractivity contribution in [1.29, 1.82) is 0 Å². The third-order valence-electron chi connectivity index (χ3n) is 2.25. The Morgan fingerprint density at radius 3 is 2.29 bits per heavy atom. The monoisotopic (exact) mass is 204 g/mol. The second kappa shape index (κ2) is 3.61. The molecule has 1 N–H and O–H groups in total. The van der Waals surface area contributed by atoms with Crippen LogP contribution in [0, 0.1) is 13.8 Å². The predicted octanol–water partition coefficient (Wildman–Crippen LogP) is 2.90. The van der Waals surface area contributed by atoms with Gasteiger partial charge in [-0.1, -0.05) is 18.2 Å². The zero-order valence-corrected chi connectivity index (χ0v) is 7.89. The highest BCUT2D eigenvalue weighted by molar-refractivity contribution is 5.35. The van der Waals surface area contributed by atoms with Crippen molar-refractivity contribution in [3.05, 3.63) is 34.9 Å². The maximum atomic E-state index is 12.2. The summed E-state index contributed by atoms with van der Waals surface area (Å²) in [5.74, 6) is 0. The van der Waals surface area contributed by atoms with Crippen LogP contribution in [0.4, 0.5) is 13.2 Å². The van der Waals surface area contributed by atoms with Gasteiger partial charge < -0.3 is 5.11 Å². The third-order valence-corrected chi connectivity index (χ3v) is 2.25. The molecule has 1 aromatic rings. The summed E-state index contributed by atoms with van der Waals surface area (Å²) in [6, 6.07) is 4.51. The number of aryl methyl sites for hydroxylation is 1. The first-order chi connectivity index (χ1) is 6.34. The average molecular weight is 204 g/mol. The molecule has 1 rings (SSSR count). The molecule has 1 atom stereocenters. The summed E-state index contributed by atoms with van der Waals surface area (Å²) in [6.07, 6.45) is -6.99. The van der Waals surface area contributed by atoms with Crippen LogP contribution in [0.1, 0.15) is 22.8 Å². The van der Waals surface area contributed by atoms with Gasteiger partial charge in [0.1, 0.15) is 0 Å². The molecule has 0 aromatic heterocycles. The molecule has 78 valence electrons. The van der Waals surface area contributed by atoms with Crippen LogP contribution in [0.2, 0.25) is 0 Å². The van der Waals surface area contributed by atoms with E-state index in [1.807, 2.05) is 0 Å². The topological polar surface area (TPSA) is 20.2 Å². The molecule has 0 fully saturated rings. The van der Waals surface area contributed by atoms with Crippen LogP contribution in [0.5, 0.6) is 0 Å². The van der Waals surface area contributed by atoms with Crippen LogP contribution in [0.25, 0.3) is 0 Å². The Labute approximate surface area is 80.2 Å². The SMILES string of the molecule is Cc1cccc(C(O)C(F)(F)F)c1C. The van der Waals surface area contributed by atoms with Gasteiger partial charge in [0, 0.05) is 0 Å². The summed E-state index contributed by atoms with van der Waals surface area (Å²) < 4.78 is 36.6. The first-order valence-electron chi connectivity index (χ1n) is 4.15. The second-order valence-electron chi connectivity index (χ2n) is 3.23. The van der Waals surface area contributed by atoms with Gasteiger partial charge in [0.05, 0.1) is 0 Å². The minimum atomic E-state index is -4.60. The van der Waals surface area contributed by atoms with Gasteiger partial charge in [0.15, 0.2) is 6.10 Å². The van der Waals surface area contributed by atoms with E-state index in [0.29, 0.717) is 5.56 Å². The molecule has 14 heavy (non-hydrogen) atoms. The fourth-order valence-corrected chi connectivity index (χ4v) is 1.25. The number of aliphatic hydroxyl groups is 1. The molecular formula is C10H11F3O. The zero-order valence-electron chi connectivity index (χ0n) is 7.89. The molecule has 0 amide bonds. The van der Waals surface area contributed by atoms with Crippen molar-refractivity contribution >= 4 is 0 Å². The summed E-state index contributed by atoms with van der Waals surface area (Å²) in [7, 11) is 0. The van der Waals surface area contributed by atoms with Crippen LogP contribution < -0.4 is 0 Å². The van der Waals surface area contributed by atoms with Crippen LogP contribution in [-0.2, 0) is 0 Å². The summed E-state index contributed by atoms with van der Waals surface area (Å²) in [4.78, 5) is 0. The Balaban J connectivity index is 3.14. The predicted molar refractivity (Wildman–Crippen MR) is 46.9 cm³/mol. The number of rotatable bonds is 1. The molecule has 0 saturated carbocycles. The highest BCUT2D eigenvalue weighted by Gasteiger charge is 2.40. The fourth-order valence-electron chi connectivity index (χ4n) is 1.25. The Morgan fingerprint density at radius 1 is 1.21 bits per heavy atom. The first kappa shape index (κ1) is 11.0. The Morgan fingerprint density at radius 2 is 1.79 bits per heavy atom. The van der Waals surface area contributed by atoms with E-state index in [1.54, 1.807) is 19.9 Å². The lowest BCUT2D eigenvalue weighted by Gasteiger charge is -2.17. The number of hydrogen-bond acceptors (Lipinski definition) is 1. The lowest BCUT2D eigenvalue weighted by atomic mass is 9.99. The van der Waals surface area contributed by atoms with E-state index in [9.17, 15) is 13.2 Å². The maximum absolute atomic E-state index is 12.2. The van der Waals surface area contributed by atoms with Crippen molar-refractivity contribution in [2.45, 2.75) is 26.1 Å². The normalized spacial score (nSPS) is 14.1. The number of hydrogen-bond donors (Lipinski definition) is 1. The van der Waals surface area contributed by atoms with Gasteiger partial charge >= 0.3 is 6.18 Å². The summed E-state index contributed by atoms with van der Waals surface area (Å²) >= 11 is 0. The van der Waals surface area contributed by atoms with Crippen molar-refractivity contribution < 1.29 is 18.3 Å². The van der Waals surface area contributed by atoms with Crippen LogP contribution in [-0.4, -0.2) is 11.3 Å². The summed E-state index contributed by atoms with van der Waals surface area (Å²) in [5.41, 5.74) is 1.15. The second-order valence-corrected chi connectivity index (χ2v) is 3.23. The molecule has 1 nitrogen and oxygen atoms in total. The largest absolute Gasteiger partial charge is 0.418 e. The number of benzene rings is 1. The molecule has 1 unspecified atom stereocenters. The standard InChI is InChI=1S/C10H11F3O/c1-6-4-3-5-8(7(6)2)9(14)10(11,12)13/h3-5,9,14H,1-2H3. The third kappa shape index (κ3) is 2.07. The van der Waals surface area contributed by atoms with Crippen LogP contribution in [0.3, 0.4) is 0 Å². The maximum Gasteiger partial charge on any atom is 0.418 e. The molecule has 0 radical (unpaired) electrons. The number of halogens is 3. The van der Waals surface area contributed by atoms with E-state index in [4.69, 9.17) is 5.11 Å². The van der Waals surface area contributed by atoms with Crippen molar-refractivity contribution in [1.82, 2.24) is 0 Å². The molecule has 0 aliphatic carbocycles. The van der Waals surface area contributed by atoms with Gasteiger partial charge in [0.25, 0.3) is 0 Å². The Bertz CT molecular complexity index is 331. The Kier molecular flexibility index (Phi) is 2.85. The molecule has 0 bridgehead atoms. The lowest BCUT2D eigenvalue weighted by molar-refractivity contribution is -0.206. The average Bonchev–Trinajstić information content (AvgIpc) is 2.07. The lowest BCUT2D eigenvalue weighted by Crippen LogP contribution is -2.21. The van der Waals surface area contributed by atoms with E-state index < -0.39 is 12.3 Å². The van der Waals surface area contributed by atoms with Crippen molar-refractivity contribution in [2.75, 3.05) is 0 Å². The van der Waals surface area contributed by atoms with E-state index in [-0.39, 0.29) is 5.56 Å². The highest BCUT2D eigenvalue weighted by Crippen LogP contribution is 2.34. The van der Waals surface area contributed by atoms with E-state index in [0.717, 1.165) is 5.56 Å². The fraction of sp³-hybridized carbons (Fsp3) is 0.400. The highest BCUT2D eigenvalue weighted by atomic mass is 19.4. The molecular weight excluding hydrogens is 193 g/mol. The quantitative estimate of drug-likeness (QED) is 0.745. The van der Waals surface area contributed by atoms with Gasteiger partial charge in [-0.25, -0.2) is 0 Å². The van der Waals surface area contributed by atoms with E-state index in [1.165, 1.54) is 12.1 Å². The minimum absolute atomic E-state index is 0.0718. The van der Waals surface area contributed by atoms with Crippen molar-refractivity contribution in [2.24, 2.45) is 0 Å². The van der Waals surface area contributed by atoms with Gasteiger partial charge in [-0.2, -0.15) is 13.2 Å². The summed E-state index contributed by atoms with van der Waals surface area (Å²) in [5, 5.41) is 9.04. The Hall–Kier alpha value is -1.03. The van der Waals surface area contributed by atoms with E-state index >= 15 is 0 Å². The van der Waals surface area contributed by atoms with Gasteiger partial charge in [-0.15, -0.1) is 0 Å². The molecule has 0 aliphatic heterocycles. The smallest absolute Gasteiger partial charge is 0.379 e. The van der Waals surface area contributed by atoms with Crippen molar-refractivity contribution in [3.63, 3.8) is 0 Å². The molecule has 0 heterocycles. The van der Waals surface area contributed by atoms with Crippen molar-refractivity contribution in [3.8, 4) is 0 Å². The van der Waals surface area contributed by atoms with Gasteiger partial charge in [-0.05, 0) is 30.5 Å². The van der Waals surface area contributed by atoms with Crippen LogP contribution >= 0.6 is 0 Å². The number of aliphatic hydroxyl groups excluding tert-OH is 1. The molecule has 1 aromatic carbocycles. The van der Waals surface area contributed by atoms with Crippen LogP contribution in [0.15, 0.2) is 18.2 Å². The molecule has 0 saturated heterocycles. The molecule has 0 aliphatic rings. The van der Waals surface area contributed by atoms with Gasteiger partial charge in [0.2, 0.25) is 0 Å². The zero-order chi connectivity index (χ0) is 10.9. The van der Waals surface area contributed by atoms with E-state index in [2.05, 4.69) is 0 Å². The number of alkyl halides is 3.